The first-order valence-corrected chi connectivity index (χ1v) is 6.03. The number of benzene rings is 1. The molecule has 1 unspecified atom stereocenters. The second-order valence-electron chi connectivity index (χ2n) is 5.77. The number of nitrogens with two attached hydrogens (primary N) is 1. The van der Waals surface area contributed by atoms with Crippen LogP contribution >= 0.6 is 0 Å². The van der Waals surface area contributed by atoms with Crippen LogP contribution in [0.15, 0.2) is 18.2 Å². The zero-order chi connectivity index (χ0) is 15.7. The molecule has 2 N–H and O–H groups in total. The molecule has 0 saturated heterocycles. The first-order chi connectivity index (χ1) is 8.93. The molecule has 0 aromatic heterocycles. The van der Waals surface area contributed by atoms with E-state index in [1.165, 1.54) is 0 Å². The van der Waals surface area contributed by atoms with Crippen LogP contribution in [0.5, 0.6) is 0 Å². The molecule has 7 heteroatoms. The van der Waals surface area contributed by atoms with Gasteiger partial charge in [0.2, 0.25) is 0 Å². The number of hydrogen-bond donors (Lipinski definition) is 1. The Hall–Kier alpha value is -1.63. The van der Waals surface area contributed by atoms with Gasteiger partial charge in [-0.3, -0.25) is 10.1 Å². The number of hydrogen-bond acceptors (Lipinski definition) is 3. The van der Waals surface area contributed by atoms with E-state index in [0.29, 0.717) is 6.07 Å². The lowest BCUT2D eigenvalue weighted by molar-refractivity contribution is -0.385. The van der Waals surface area contributed by atoms with Crippen molar-refractivity contribution in [3.05, 3.63) is 39.4 Å². The average molecular weight is 290 g/mol. The molecular formula is C13H17F3N2O2. The van der Waals surface area contributed by atoms with E-state index < -0.39 is 28.4 Å². The molecule has 0 bridgehead atoms. The molecule has 0 amide bonds. The van der Waals surface area contributed by atoms with Crippen LogP contribution in [0.1, 0.15) is 31.9 Å². The molecule has 20 heavy (non-hydrogen) atoms. The van der Waals surface area contributed by atoms with Gasteiger partial charge >= 0.3 is 6.18 Å². The molecule has 0 aliphatic carbocycles. The monoisotopic (exact) mass is 290 g/mol. The molecular weight excluding hydrogens is 273 g/mol. The number of alkyl halides is 3. The molecule has 112 valence electrons. The Morgan fingerprint density at radius 2 is 1.85 bits per heavy atom. The highest BCUT2D eigenvalue weighted by molar-refractivity contribution is 5.42. The minimum Gasteiger partial charge on any atom is -0.327 e. The lowest BCUT2D eigenvalue weighted by Gasteiger charge is -2.28. The van der Waals surface area contributed by atoms with Crippen molar-refractivity contribution in [1.29, 1.82) is 0 Å². The van der Waals surface area contributed by atoms with Crippen molar-refractivity contribution in [2.24, 2.45) is 11.1 Å². The number of nitrogens with zero attached hydrogens (tertiary/aromatic N) is 1. The van der Waals surface area contributed by atoms with Crippen LogP contribution in [0.25, 0.3) is 0 Å². The molecule has 0 saturated carbocycles. The Labute approximate surface area is 114 Å². The summed E-state index contributed by atoms with van der Waals surface area (Å²) in [4.78, 5) is 9.74. The third kappa shape index (κ3) is 3.93. The average Bonchev–Trinajstić information content (AvgIpc) is 2.26. The third-order valence-corrected chi connectivity index (χ3v) is 3.16. The Balaban J connectivity index is 3.23. The summed E-state index contributed by atoms with van der Waals surface area (Å²) >= 11 is 0. The quantitative estimate of drug-likeness (QED) is 0.684. The van der Waals surface area contributed by atoms with Crippen LogP contribution in [0.4, 0.5) is 18.9 Å². The van der Waals surface area contributed by atoms with Gasteiger partial charge in [0.15, 0.2) is 0 Å². The summed E-state index contributed by atoms with van der Waals surface area (Å²) < 4.78 is 38.9. The standard InChI is InChI=1S/C13H17F3N2O2/c1-12(2,3)11(17)6-8-4-5-9(18(19)20)7-10(8)13(14,15)16/h4-5,7,11H,6,17H2,1-3H3. The van der Waals surface area contributed by atoms with Crippen molar-refractivity contribution in [2.45, 2.75) is 39.4 Å². The minimum atomic E-state index is -4.64. The zero-order valence-corrected chi connectivity index (χ0v) is 11.5. The maximum atomic E-state index is 13.0. The normalized spacial score (nSPS) is 14.2. The van der Waals surface area contributed by atoms with Gasteiger partial charge in [-0.25, -0.2) is 0 Å². The molecule has 1 aromatic carbocycles. The van der Waals surface area contributed by atoms with Gasteiger partial charge in [0, 0.05) is 18.2 Å². The number of rotatable bonds is 3. The van der Waals surface area contributed by atoms with Crippen molar-refractivity contribution in [1.82, 2.24) is 0 Å². The predicted octanol–water partition coefficient (Wildman–Crippen LogP) is 3.53. The molecule has 0 spiro atoms. The van der Waals surface area contributed by atoms with Crippen molar-refractivity contribution in [3.8, 4) is 0 Å². The number of non-ortho nitro benzene ring substituents is 1. The molecule has 0 heterocycles. The van der Waals surface area contributed by atoms with E-state index in [0.717, 1.165) is 12.1 Å². The van der Waals surface area contributed by atoms with Crippen LogP contribution in [0, 0.1) is 15.5 Å². The van der Waals surface area contributed by atoms with Crippen LogP contribution in [0.2, 0.25) is 0 Å². The number of nitro groups is 1. The van der Waals surface area contributed by atoms with Crippen LogP contribution in [0.3, 0.4) is 0 Å². The number of halogens is 3. The van der Waals surface area contributed by atoms with E-state index in [1.807, 2.05) is 20.8 Å². The Kier molecular flexibility index (Phi) is 4.43. The molecule has 1 rings (SSSR count). The fraction of sp³-hybridized carbons (Fsp3) is 0.538. The summed E-state index contributed by atoms with van der Waals surface area (Å²) in [5.74, 6) is 0. The van der Waals surface area contributed by atoms with Gasteiger partial charge in [-0.05, 0) is 17.4 Å². The molecule has 0 aliphatic heterocycles. The van der Waals surface area contributed by atoms with Gasteiger partial charge in [0.1, 0.15) is 0 Å². The maximum absolute atomic E-state index is 13.0. The van der Waals surface area contributed by atoms with Gasteiger partial charge in [0.25, 0.3) is 5.69 Å². The topological polar surface area (TPSA) is 69.2 Å². The Morgan fingerprint density at radius 3 is 2.25 bits per heavy atom. The molecule has 0 aliphatic rings. The van der Waals surface area contributed by atoms with E-state index in [9.17, 15) is 23.3 Å². The summed E-state index contributed by atoms with van der Waals surface area (Å²) in [5, 5.41) is 10.6. The molecule has 0 fully saturated rings. The van der Waals surface area contributed by atoms with Crippen molar-refractivity contribution in [3.63, 3.8) is 0 Å². The fourth-order valence-corrected chi connectivity index (χ4v) is 1.66. The molecule has 4 nitrogen and oxygen atoms in total. The van der Waals surface area contributed by atoms with Crippen molar-refractivity contribution >= 4 is 5.69 Å². The summed E-state index contributed by atoms with van der Waals surface area (Å²) in [6, 6.07) is 2.28. The van der Waals surface area contributed by atoms with Crippen LogP contribution in [-0.4, -0.2) is 11.0 Å². The maximum Gasteiger partial charge on any atom is 0.416 e. The largest absolute Gasteiger partial charge is 0.416 e. The van der Waals surface area contributed by atoms with Gasteiger partial charge in [-0.1, -0.05) is 26.8 Å². The lowest BCUT2D eigenvalue weighted by Crippen LogP contribution is -2.37. The van der Waals surface area contributed by atoms with Crippen LogP contribution < -0.4 is 5.73 Å². The van der Waals surface area contributed by atoms with E-state index in [4.69, 9.17) is 5.73 Å². The first-order valence-electron chi connectivity index (χ1n) is 6.03. The first kappa shape index (κ1) is 16.4. The Bertz CT molecular complexity index is 507. The van der Waals surface area contributed by atoms with Crippen LogP contribution in [-0.2, 0) is 12.6 Å². The summed E-state index contributed by atoms with van der Waals surface area (Å²) in [6.07, 6.45) is -4.63. The highest BCUT2D eigenvalue weighted by Gasteiger charge is 2.36. The van der Waals surface area contributed by atoms with Crippen molar-refractivity contribution in [2.75, 3.05) is 0 Å². The fourth-order valence-electron chi connectivity index (χ4n) is 1.66. The second kappa shape index (κ2) is 5.40. The van der Waals surface area contributed by atoms with Gasteiger partial charge in [-0.15, -0.1) is 0 Å². The van der Waals surface area contributed by atoms with Gasteiger partial charge < -0.3 is 5.73 Å². The number of nitro benzene ring substituents is 1. The predicted molar refractivity (Wildman–Crippen MR) is 69.2 cm³/mol. The smallest absolute Gasteiger partial charge is 0.327 e. The highest BCUT2D eigenvalue weighted by Crippen LogP contribution is 2.35. The van der Waals surface area contributed by atoms with Gasteiger partial charge in [0.05, 0.1) is 10.5 Å². The van der Waals surface area contributed by atoms with Gasteiger partial charge in [-0.2, -0.15) is 13.2 Å². The van der Waals surface area contributed by atoms with E-state index >= 15 is 0 Å². The summed E-state index contributed by atoms with van der Waals surface area (Å²) in [6.45, 7) is 5.49. The minimum absolute atomic E-state index is 0.0103. The van der Waals surface area contributed by atoms with Crippen molar-refractivity contribution < 1.29 is 18.1 Å². The Morgan fingerprint density at radius 1 is 1.30 bits per heavy atom. The van der Waals surface area contributed by atoms with E-state index in [2.05, 4.69) is 0 Å². The van der Waals surface area contributed by atoms with E-state index in [-0.39, 0.29) is 17.4 Å². The third-order valence-electron chi connectivity index (χ3n) is 3.16. The summed E-state index contributed by atoms with van der Waals surface area (Å²) in [5.41, 5.74) is 3.94. The highest BCUT2D eigenvalue weighted by atomic mass is 19.4. The molecule has 1 atom stereocenters. The van der Waals surface area contributed by atoms with E-state index in [1.54, 1.807) is 0 Å². The zero-order valence-electron chi connectivity index (χ0n) is 11.5. The second-order valence-corrected chi connectivity index (χ2v) is 5.77. The molecule has 0 radical (unpaired) electrons. The lowest BCUT2D eigenvalue weighted by atomic mass is 9.83. The summed E-state index contributed by atoms with van der Waals surface area (Å²) in [7, 11) is 0. The SMILES string of the molecule is CC(C)(C)C(N)Cc1ccc([N+](=O)[O-])cc1C(F)(F)F. The molecule has 1 aromatic rings.